The van der Waals surface area contributed by atoms with Crippen molar-refractivity contribution in [3.8, 4) is 12.3 Å². The van der Waals surface area contributed by atoms with Crippen LogP contribution in [0.25, 0.3) is 0 Å². The molecule has 0 saturated heterocycles. The van der Waals surface area contributed by atoms with Crippen molar-refractivity contribution in [2.45, 2.75) is 64.1 Å². The molecule has 3 fully saturated rings. The molecule has 0 radical (unpaired) electrons. The number of hydrogen-bond acceptors (Lipinski definition) is 2. The van der Waals surface area contributed by atoms with Gasteiger partial charge in [0, 0.05) is 5.41 Å². The standard InChI is InChI=1S/C21H30O2/c1-4-21(23)10-8-15-14(12-21)11-13(2)19-16(15)7-9-20(3)17(19)5-6-18(20)22/h1,5-6,13-19,22-23H,7-12H2,2-3H3/t13-,14-,15+,16?,17?,18+,19-,20+,21+/m1/s1. The lowest BCUT2D eigenvalue weighted by atomic mass is 9.47. The van der Waals surface area contributed by atoms with E-state index in [0.717, 1.165) is 37.5 Å². The monoisotopic (exact) mass is 314 g/mol. The number of hydrogen-bond donors (Lipinski definition) is 2. The highest BCUT2D eigenvalue weighted by Crippen LogP contribution is 2.62. The predicted molar refractivity (Wildman–Crippen MR) is 91.4 cm³/mol. The highest BCUT2D eigenvalue weighted by molar-refractivity contribution is 5.20. The molecule has 23 heavy (non-hydrogen) atoms. The third-order valence-corrected chi connectivity index (χ3v) is 8.11. The first-order valence-electron chi connectivity index (χ1n) is 9.44. The summed E-state index contributed by atoms with van der Waals surface area (Å²) in [7, 11) is 0. The van der Waals surface area contributed by atoms with Gasteiger partial charge in [0.15, 0.2) is 0 Å². The average molecular weight is 314 g/mol. The van der Waals surface area contributed by atoms with Crippen LogP contribution < -0.4 is 0 Å². The molecule has 9 atom stereocenters. The van der Waals surface area contributed by atoms with Crippen LogP contribution in [0, 0.1) is 53.3 Å². The molecular formula is C21H30O2. The third kappa shape index (κ3) is 2.16. The van der Waals surface area contributed by atoms with Crippen LogP contribution >= 0.6 is 0 Å². The summed E-state index contributed by atoms with van der Waals surface area (Å²) in [5, 5.41) is 21.0. The topological polar surface area (TPSA) is 40.5 Å². The minimum absolute atomic E-state index is 0.0521. The van der Waals surface area contributed by atoms with Crippen LogP contribution in [0.5, 0.6) is 0 Å². The van der Waals surface area contributed by atoms with Gasteiger partial charge in [0.05, 0.1) is 6.10 Å². The van der Waals surface area contributed by atoms with Gasteiger partial charge in [-0.1, -0.05) is 31.9 Å². The van der Waals surface area contributed by atoms with Gasteiger partial charge in [0.1, 0.15) is 5.60 Å². The molecule has 126 valence electrons. The molecule has 0 aromatic carbocycles. The molecule has 2 heteroatoms. The van der Waals surface area contributed by atoms with E-state index in [9.17, 15) is 10.2 Å². The number of aliphatic hydroxyl groups excluding tert-OH is 1. The number of allylic oxidation sites excluding steroid dienone is 1. The van der Waals surface area contributed by atoms with Crippen LogP contribution in [0.15, 0.2) is 12.2 Å². The minimum atomic E-state index is -0.861. The predicted octanol–water partition coefficient (Wildman–Crippen LogP) is 3.39. The molecule has 0 aromatic rings. The van der Waals surface area contributed by atoms with Crippen LogP contribution in [-0.2, 0) is 0 Å². The van der Waals surface area contributed by atoms with Crippen LogP contribution in [0.2, 0.25) is 0 Å². The van der Waals surface area contributed by atoms with E-state index in [-0.39, 0.29) is 11.5 Å². The first-order valence-corrected chi connectivity index (χ1v) is 9.44. The fourth-order valence-corrected chi connectivity index (χ4v) is 6.87. The molecule has 0 aromatic heterocycles. The first kappa shape index (κ1) is 15.7. The largest absolute Gasteiger partial charge is 0.388 e. The Hall–Kier alpha value is -0.780. The molecule has 2 nitrogen and oxygen atoms in total. The van der Waals surface area contributed by atoms with Crippen molar-refractivity contribution in [1.29, 1.82) is 0 Å². The van der Waals surface area contributed by atoms with Gasteiger partial charge in [0.2, 0.25) is 0 Å². The van der Waals surface area contributed by atoms with Gasteiger partial charge in [-0.25, -0.2) is 0 Å². The number of fused-ring (bicyclic) bond motifs is 5. The minimum Gasteiger partial charge on any atom is -0.388 e. The lowest BCUT2D eigenvalue weighted by Crippen LogP contribution is -2.54. The highest BCUT2D eigenvalue weighted by Gasteiger charge is 2.57. The lowest BCUT2D eigenvalue weighted by Gasteiger charge is -2.58. The van der Waals surface area contributed by atoms with Gasteiger partial charge < -0.3 is 10.2 Å². The van der Waals surface area contributed by atoms with Crippen LogP contribution in [0.4, 0.5) is 0 Å². The van der Waals surface area contributed by atoms with Crippen molar-refractivity contribution in [2.24, 2.45) is 40.9 Å². The summed E-state index contributed by atoms with van der Waals surface area (Å²) < 4.78 is 0. The van der Waals surface area contributed by atoms with E-state index in [0.29, 0.717) is 23.7 Å². The summed E-state index contributed by atoms with van der Waals surface area (Å²) in [5.41, 5.74) is -0.809. The molecule has 3 saturated carbocycles. The molecule has 0 spiro atoms. The fourth-order valence-electron chi connectivity index (χ4n) is 6.87. The Morgan fingerprint density at radius 3 is 2.65 bits per heavy atom. The SMILES string of the molecule is C#C[C@]1(O)CC[C@@H]2C3CC[C@@]4(C)C(C=C[C@@H]4O)[C@@H]3[C@H](C)C[C@@H]2C1. The number of aliphatic hydroxyl groups is 2. The quantitative estimate of drug-likeness (QED) is 0.531. The van der Waals surface area contributed by atoms with Crippen molar-refractivity contribution in [1.82, 2.24) is 0 Å². The molecule has 4 aliphatic rings. The van der Waals surface area contributed by atoms with Crippen molar-refractivity contribution >= 4 is 0 Å². The average Bonchev–Trinajstić information content (AvgIpc) is 2.82. The van der Waals surface area contributed by atoms with Crippen molar-refractivity contribution in [3.05, 3.63) is 12.2 Å². The second kappa shape index (κ2) is 5.11. The molecule has 4 aliphatic carbocycles. The Kier molecular flexibility index (Phi) is 3.49. The Balaban J connectivity index is 1.61. The Labute approximate surface area is 140 Å². The zero-order valence-corrected chi connectivity index (χ0v) is 14.4. The fraction of sp³-hybridized carbons (Fsp3) is 0.810. The summed E-state index contributed by atoms with van der Waals surface area (Å²) in [6, 6.07) is 0. The molecule has 2 unspecified atom stereocenters. The molecule has 0 bridgehead atoms. The second-order valence-corrected chi connectivity index (χ2v) is 9.20. The Morgan fingerprint density at radius 1 is 1.17 bits per heavy atom. The lowest BCUT2D eigenvalue weighted by molar-refractivity contribution is -0.114. The van der Waals surface area contributed by atoms with E-state index in [4.69, 9.17) is 6.42 Å². The van der Waals surface area contributed by atoms with Crippen molar-refractivity contribution in [3.63, 3.8) is 0 Å². The summed E-state index contributed by atoms with van der Waals surface area (Å²) >= 11 is 0. The normalized spacial score (nSPS) is 58.0. The van der Waals surface area contributed by atoms with E-state index < -0.39 is 5.60 Å². The highest BCUT2D eigenvalue weighted by atomic mass is 16.3. The van der Waals surface area contributed by atoms with Crippen LogP contribution in [0.1, 0.15) is 52.4 Å². The van der Waals surface area contributed by atoms with Gasteiger partial charge in [-0.15, -0.1) is 6.42 Å². The van der Waals surface area contributed by atoms with Gasteiger partial charge in [-0.3, -0.25) is 0 Å². The second-order valence-electron chi connectivity index (χ2n) is 9.20. The molecule has 0 amide bonds. The van der Waals surface area contributed by atoms with Crippen LogP contribution in [0.3, 0.4) is 0 Å². The summed E-state index contributed by atoms with van der Waals surface area (Å²) in [4.78, 5) is 0. The molecule has 0 aliphatic heterocycles. The van der Waals surface area contributed by atoms with E-state index in [1.807, 2.05) is 6.08 Å². The first-order chi connectivity index (χ1) is 10.9. The Morgan fingerprint density at radius 2 is 1.91 bits per heavy atom. The maximum absolute atomic E-state index is 10.5. The van der Waals surface area contributed by atoms with Crippen molar-refractivity contribution < 1.29 is 10.2 Å². The van der Waals surface area contributed by atoms with E-state index >= 15 is 0 Å². The van der Waals surface area contributed by atoms with Gasteiger partial charge in [-0.2, -0.15) is 0 Å². The smallest absolute Gasteiger partial charge is 0.125 e. The van der Waals surface area contributed by atoms with Gasteiger partial charge in [0.25, 0.3) is 0 Å². The van der Waals surface area contributed by atoms with E-state index in [2.05, 4.69) is 25.8 Å². The van der Waals surface area contributed by atoms with E-state index in [1.165, 1.54) is 12.8 Å². The summed E-state index contributed by atoms with van der Waals surface area (Å²) in [5.74, 6) is 6.59. The zero-order chi connectivity index (χ0) is 16.4. The number of terminal acetylenes is 1. The van der Waals surface area contributed by atoms with Gasteiger partial charge >= 0.3 is 0 Å². The third-order valence-electron chi connectivity index (χ3n) is 8.11. The molecule has 4 rings (SSSR count). The maximum atomic E-state index is 10.5. The maximum Gasteiger partial charge on any atom is 0.125 e. The Bertz CT molecular complexity index is 561. The van der Waals surface area contributed by atoms with Crippen LogP contribution in [-0.4, -0.2) is 21.9 Å². The van der Waals surface area contributed by atoms with E-state index in [1.54, 1.807) is 0 Å². The van der Waals surface area contributed by atoms with Crippen molar-refractivity contribution in [2.75, 3.05) is 0 Å². The zero-order valence-electron chi connectivity index (χ0n) is 14.4. The molecule has 2 N–H and O–H groups in total. The summed E-state index contributed by atoms with van der Waals surface area (Å²) in [6.07, 6.45) is 15.9. The molecule has 0 heterocycles. The number of rotatable bonds is 0. The molecular weight excluding hydrogens is 284 g/mol. The van der Waals surface area contributed by atoms with Gasteiger partial charge in [-0.05, 0) is 74.0 Å². The summed E-state index contributed by atoms with van der Waals surface area (Å²) in [6.45, 7) is 4.68.